The Labute approximate surface area is 160 Å². The molecule has 2 aromatic heterocycles. The summed E-state index contributed by atoms with van der Waals surface area (Å²) >= 11 is 0. The SMILES string of the molecule is Cc1nn(C)c(C)c1-c1cc(C(=O)NC(CN)C2CCCCC2)[nH]n1.Cl. The molecule has 1 aliphatic carbocycles. The molecule has 1 unspecified atom stereocenters. The summed E-state index contributed by atoms with van der Waals surface area (Å²) in [7, 11) is 1.90. The van der Waals surface area contributed by atoms with Gasteiger partial charge in [-0.15, -0.1) is 12.4 Å². The first-order chi connectivity index (χ1) is 12.0. The van der Waals surface area contributed by atoms with Crippen LogP contribution >= 0.6 is 12.4 Å². The van der Waals surface area contributed by atoms with Gasteiger partial charge in [-0.3, -0.25) is 14.6 Å². The Hall–Kier alpha value is -1.86. The smallest absolute Gasteiger partial charge is 0.269 e. The number of nitrogens with one attached hydrogen (secondary N) is 2. The minimum Gasteiger partial charge on any atom is -0.346 e. The van der Waals surface area contributed by atoms with E-state index in [2.05, 4.69) is 20.6 Å². The highest BCUT2D eigenvalue weighted by molar-refractivity contribution is 5.93. The summed E-state index contributed by atoms with van der Waals surface area (Å²) in [5.41, 5.74) is 10.0. The largest absolute Gasteiger partial charge is 0.346 e. The predicted molar refractivity (Wildman–Crippen MR) is 104 cm³/mol. The Balaban J connectivity index is 0.00000243. The van der Waals surface area contributed by atoms with Gasteiger partial charge < -0.3 is 11.1 Å². The highest BCUT2D eigenvalue weighted by Crippen LogP contribution is 2.27. The maximum Gasteiger partial charge on any atom is 0.269 e. The van der Waals surface area contributed by atoms with Crippen molar-refractivity contribution in [3.8, 4) is 11.3 Å². The molecule has 4 N–H and O–H groups in total. The molecule has 8 heteroatoms. The van der Waals surface area contributed by atoms with Crippen molar-refractivity contribution in [2.45, 2.75) is 52.0 Å². The Kier molecular flexibility index (Phi) is 6.83. The first-order valence-electron chi connectivity index (χ1n) is 9.08. The number of hydrogen-bond donors (Lipinski definition) is 3. The molecule has 7 nitrogen and oxygen atoms in total. The first-order valence-corrected chi connectivity index (χ1v) is 9.08. The number of nitrogens with two attached hydrogens (primary N) is 1. The monoisotopic (exact) mass is 380 g/mol. The fraction of sp³-hybridized carbons (Fsp3) is 0.611. The number of aromatic amines is 1. The molecular weight excluding hydrogens is 352 g/mol. The van der Waals surface area contributed by atoms with Crippen LogP contribution < -0.4 is 11.1 Å². The van der Waals surface area contributed by atoms with Crippen LogP contribution in [-0.4, -0.2) is 38.5 Å². The summed E-state index contributed by atoms with van der Waals surface area (Å²) in [5.74, 6) is 0.340. The molecule has 0 saturated heterocycles. The van der Waals surface area contributed by atoms with Crippen molar-refractivity contribution in [2.24, 2.45) is 18.7 Å². The van der Waals surface area contributed by atoms with E-state index in [1.165, 1.54) is 19.3 Å². The second-order valence-electron chi connectivity index (χ2n) is 7.05. The molecule has 1 fully saturated rings. The second-order valence-corrected chi connectivity index (χ2v) is 7.05. The van der Waals surface area contributed by atoms with Gasteiger partial charge in [0.05, 0.1) is 11.4 Å². The normalized spacial score (nSPS) is 16.2. The van der Waals surface area contributed by atoms with E-state index in [-0.39, 0.29) is 24.4 Å². The van der Waals surface area contributed by atoms with Crippen molar-refractivity contribution in [1.82, 2.24) is 25.3 Å². The van der Waals surface area contributed by atoms with Crippen molar-refractivity contribution >= 4 is 18.3 Å². The number of nitrogens with zero attached hydrogens (tertiary/aromatic N) is 3. The summed E-state index contributed by atoms with van der Waals surface area (Å²) in [5, 5.41) is 14.7. The number of aryl methyl sites for hydroxylation is 2. The maximum atomic E-state index is 12.6. The van der Waals surface area contributed by atoms with Gasteiger partial charge in [-0.1, -0.05) is 19.3 Å². The minimum atomic E-state index is -0.140. The van der Waals surface area contributed by atoms with Gasteiger partial charge in [-0.05, 0) is 38.7 Å². The number of amides is 1. The number of rotatable bonds is 5. The quantitative estimate of drug-likeness (QED) is 0.741. The molecule has 26 heavy (non-hydrogen) atoms. The van der Waals surface area contributed by atoms with Gasteiger partial charge in [0.1, 0.15) is 5.69 Å². The Morgan fingerprint density at radius 1 is 1.38 bits per heavy atom. The number of carbonyl (C=O) groups excluding carboxylic acids is 1. The third kappa shape index (κ3) is 4.10. The zero-order valence-electron chi connectivity index (χ0n) is 15.7. The van der Waals surface area contributed by atoms with Crippen molar-refractivity contribution in [3.63, 3.8) is 0 Å². The third-order valence-electron chi connectivity index (χ3n) is 5.38. The minimum absolute atomic E-state index is 0. The third-order valence-corrected chi connectivity index (χ3v) is 5.38. The molecule has 0 aromatic carbocycles. The van der Waals surface area contributed by atoms with Gasteiger partial charge in [0.15, 0.2) is 0 Å². The van der Waals surface area contributed by atoms with Crippen LogP contribution in [0, 0.1) is 19.8 Å². The van der Waals surface area contributed by atoms with Crippen LogP contribution in [-0.2, 0) is 7.05 Å². The second kappa shape index (κ2) is 8.68. The zero-order valence-corrected chi connectivity index (χ0v) is 16.5. The number of aromatic nitrogens is 4. The Bertz CT molecular complexity index is 747. The highest BCUT2D eigenvalue weighted by Gasteiger charge is 2.25. The van der Waals surface area contributed by atoms with Gasteiger partial charge in [-0.2, -0.15) is 10.2 Å². The van der Waals surface area contributed by atoms with Gasteiger partial charge >= 0.3 is 0 Å². The van der Waals surface area contributed by atoms with E-state index in [0.29, 0.717) is 18.2 Å². The van der Waals surface area contributed by atoms with Crippen LogP contribution in [0.25, 0.3) is 11.3 Å². The van der Waals surface area contributed by atoms with Gasteiger partial charge in [0.25, 0.3) is 5.91 Å². The molecule has 2 heterocycles. The lowest BCUT2D eigenvalue weighted by atomic mass is 9.84. The standard InChI is InChI=1S/C18H28N6O.ClH/c1-11-17(12(2)24(3)23-11)14-9-15(22-21-14)18(25)20-16(10-19)13-7-5-4-6-8-13;/h9,13,16H,4-8,10,19H2,1-3H3,(H,20,25)(H,21,22);1H. The fourth-order valence-electron chi connectivity index (χ4n) is 3.86. The molecular formula is C18H29ClN6O. The van der Waals surface area contributed by atoms with Crippen LogP contribution in [0.5, 0.6) is 0 Å². The topological polar surface area (TPSA) is 102 Å². The average Bonchev–Trinajstić information content (AvgIpc) is 3.18. The van der Waals surface area contributed by atoms with Gasteiger partial charge in [0.2, 0.25) is 0 Å². The van der Waals surface area contributed by atoms with E-state index in [1.54, 1.807) is 6.07 Å². The molecule has 3 rings (SSSR count). The lowest BCUT2D eigenvalue weighted by Gasteiger charge is -2.29. The van der Waals surface area contributed by atoms with Crippen molar-refractivity contribution in [1.29, 1.82) is 0 Å². The average molecular weight is 381 g/mol. The number of hydrogen-bond acceptors (Lipinski definition) is 4. The molecule has 0 aliphatic heterocycles. The van der Waals surface area contributed by atoms with Crippen molar-refractivity contribution in [2.75, 3.05) is 6.54 Å². The summed E-state index contributed by atoms with van der Waals surface area (Å²) in [6.45, 7) is 4.42. The summed E-state index contributed by atoms with van der Waals surface area (Å²) < 4.78 is 1.83. The van der Waals surface area contributed by atoms with Crippen molar-refractivity contribution < 1.29 is 4.79 Å². The summed E-state index contributed by atoms with van der Waals surface area (Å²) in [6, 6.07) is 1.82. The molecule has 0 spiro atoms. The van der Waals surface area contributed by atoms with Crippen LogP contribution in [0.3, 0.4) is 0 Å². The summed E-state index contributed by atoms with van der Waals surface area (Å²) in [6.07, 6.45) is 6.03. The predicted octanol–water partition coefficient (Wildman–Crippen LogP) is 2.49. The van der Waals surface area contributed by atoms with E-state index in [0.717, 1.165) is 35.5 Å². The van der Waals surface area contributed by atoms with Gasteiger partial charge in [-0.25, -0.2) is 0 Å². The number of halogens is 1. The van der Waals surface area contributed by atoms with Crippen LogP contribution in [0.15, 0.2) is 6.07 Å². The molecule has 2 aromatic rings. The van der Waals surface area contributed by atoms with Gasteiger partial charge in [0, 0.05) is 30.9 Å². The molecule has 0 radical (unpaired) electrons. The van der Waals surface area contributed by atoms with Crippen LogP contribution in [0.2, 0.25) is 0 Å². The lowest BCUT2D eigenvalue weighted by molar-refractivity contribution is 0.0910. The van der Waals surface area contributed by atoms with E-state index < -0.39 is 0 Å². The van der Waals surface area contributed by atoms with E-state index in [4.69, 9.17) is 5.73 Å². The molecule has 0 bridgehead atoms. The fourth-order valence-corrected chi connectivity index (χ4v) is 3.86. The lowest BCUT2D eigenvalue weighted by Crippen LogP contribution is -2.46. The van der Waals surface area contributed by atoms with Crippen LogP contribution in [0.4, 0.5) is 0 Å². The molecule has 1 saturated carbocycles. The number of carbonyl (C=O) groups is 1. The molecule has 144 valence electrons. The van der Waals surface area contributed by atoms with E-state index >= 15 is 0 Å². The number of H-pyrrole nitrogens is 1. The maximum absolute atomic E-state index is 12.6. The zero-order chi connectivity index (χ0) is 18.0. The molecule has 1 amide bonds. The highest BCUT2D eigenvalue weighted by atomic mass is 35.5. The van der Waals surface area contributed by atoms with Crippen LogP contribution in [0.1, 0.15) is 54.0 Å². The van der Waals surface area contributed by atoms with Crippen molar-refractivity contribution in [3.05, 3.63) is 23.1 Å². The Morgan fingerprint density at radius 2 is 2.08 bits per heavy atom. The first kappa shape index (κ1) is 20.5. The molecule has 1 aliphatic rings. The van der Waals surface area contributed by atoms with E-state index in [1.807, 2.05) is 25.6 Å². The Morgan fingerprint density at radius 3 is 2.65 bits per heavy atom. The van der Waals surface area contributed by atoms with E-state index in [9.17, 15) is 4.79 Å². The molecule has 1 atom stereocenters. The summed E-state index contributed by atoms with van der Waals surface area (Å²) in [4.78, 5) is 12.6.